The van der Waals surface area contributed by atoms with Crippen molar-refractivity contribution in [1.29, 1.82) is 0 Å². The molecule has 2 aromatic rings. The zero-order valence-electron chi connectivity index (χ0n) is 16.6. The fourth-order valence-corrected chi connectivity index (χ4v) is 4.55. The van der Waals surface area contributed by atoms with Crippen LogP contribution in [-0.4, -0.2) is 38.4 Å². The topological polar surface area (TPSA) is 85.4 Å². The molecule has 2 aromatic heterocycles. The van der Waals surface area contributed by atoms with Crippen molar-refractivity contribution in [1.82, 2.24) is 4.98 Å². The Bertz CT molecular complexity index is 1140. The summed E-state index contributed by atoms with van der Waals surface area (Å²) < 4.78 is 133. The van der Waals surface area contributed by atoms with Crippen LogP contribution in [0.3, 0.4) is 0 Å². The van der Waals surface area contributed by atoms with E-state index < -0.39 is 78.0 Å². The Morgan fingerprint density at radius 1 is 1.12 bits per heavy atom. The van der Waals surface area contributed by atoms with Crippen LogP contribution in [0.4, 0.5) is 40.9 Å². The fraction of sp³-hybridized carbons (Fsp3) is 0.412. The monoisotopic (exact) mass is 526 g/mol. The SMILES string of the molecule is CCS(=O)(=O)c1cc(C(F)(F)F)cnc1NCc1sc(C(F)(F)C(F)(F)F)cc1C(=O)OC. The first-order valence-electron chi connectivity index (χ1n) is 8.65. The molecule has 184 valence electrons. The first-order valence-corrected chi connectivity index (χ1v) is 11.1. The zero-order valence-corrected chi connectivity index (χ0v) is 18.2. The van der Waals surface area contributed by atoms with E-state index in [0.29, 0.717) is 12.3 Å². The van der Waals surface area contributed by atoms with Crippen LogP contribution in [0, 0.1) is 0 Å². The van der Waals surface area contributed by atoms with Gasteiger partial charge in [0.2, 0.25) is 0 Å². The van der Waals surface area contributed by atoms with Crippen molar-refractivity contribution in [2.75, 3.05) is 18.2 Å². The van der Waals surface area contributed by atoms with Gasteiger partial charge >= 0.3 is 24.2 Å². The number of pyridine rings is 1. The Hall–Kier alpha value is -2.49. The number of carbonyl (C=O) groups excluding carboxylic acids is 1. The van der Waals surface area contributed by atoms with Gasteiger partial charge in [0.25, 0.3) is 0 Å². The summed E-state index contributed by atoms with van der Waals surface area (Å²) in [5.41, 5.74) is -2.04. The molecule has 0 amide bonds. The highest BCUT2D eigenvalue weighted by molar-refractivity contribution is 7.91. The Morgan fingerprint density at radius 2 is 1.73 bits per heavy atom. The maximum atomic E-state index is 13.7. The molecule has 6 nitrogen and oxygen atoms in total. The fourth-order valence-electron chi connectivity index (χ4n) is 2.43. The van der Waals surface area contributed by atoms with Gasteiger partial charge in [-0.3, -0.25) is 0 Å². The summed E-state index contributed by atoms with van der Waals surface area (Å²) in [5.74, 6) is -7.78. The predicted molar refractivity (Wildman–Crippen MR) is 99.9 cm³/mol. The third kappa shape index (κ3) is 5.54. The van der Waals surface area contributed by atoms with Crippen molar-refractivity contribution in [3.05, 3.63) is 39.2 Å². The molecular weight excluding hydrogens is 512 g/mol. The highest BCUT2D eigenvalue weighted by atomic mass is 32.2. The molecule has 2 heterocycles. The number of sulfone groups is 1. The lowest BCUT2D eigenvalue weighted by Crippen LogP contribution is -2.32. The van der Waals surface area contributed by atoms with Crippen molar-refractivity contribution in [3.8, 4) is 0 Å². The van der Waals surface area contributed by atoms with E-state index in [1.54, 1.807) is 0 Å². The molecule has 0 bridgehead atoms. The standard InChI is InChI=1S/C17H14F8N2O4S2/c1-3-33(29,30)11-4-8(16(20,21)22)6-26-13(11)27-7-10-9(14(28)31-2)5-12(32-10)15(18,19)17(23,24)25/h4-6H,3,7H2,1-2H3,(H,26,27). The van der Waals surface area contributed by atoms with Crippen LogP contribution < -0.4 is 5.32 Å². The van der Waals surface area contributed by atoms with Crippen molar-refractivity contribution in [2.45, 2.75) is 36.6 Å². The highest BCUT2D eigenvalue weighted by Crippen LogP contribution is 2.47. The number of anilines is 1. The highest BCUT2D eigenvalue weighted by Gasteiger charge is 2.60. The second kappa shape index (κ2) is 9.04. The first kappa shape index (κ1) is 26.8. The lowest BCUT2D eigenvalue weighted by molar-refractivity contribution is -0.287. The summed E-state index contributed by atoms with van der Waals surface area (Å²) in [6.45, 7) is 0.438. The van der Waals surface area contributed by atoms with Gasteiger partial charge in [0.15, 0.2) is 9.84 Å². The summed E-state index contributed by atoms with van der Waals surface area (Å²) >= 11 is -0.108. The summed E-state index contributed by atoms with van der Waals surface area (Å²) in [7, 11) is -3.42. The minimum Gasteiger partial charge on any atom is -0.465 e. The van der Waals surface area contributed by atoms with E-state index in [0.717, 1.165) is 14.0 Å². The number of nitrogens with one attached hydrogen (secondary N) is 1. The molecule has 0 aromatic carbocycles. The van der Waals surface area contributed by atoms with E-state index in [9.17, 15) is 48.3 Å². The number of aromatic nitrogens is 1. The van der Waals surface area contributed by atoms with Crippen LogP contribution in [0.5, 0.6) is 0 Å². The van der Waals surface area contributed by atoms with Crippen LogP contribution in [0.25, 0.3) is 0 Å². The summed E-state index contributed by atoms with van der Waals surface area (Å²) in [6, 6.07) is 0.595. The average Bonchev–Trinajstić information content (AvgIpc) is 3.15. The van der Waals surface area contributed by atoms with E-state index >= 15 is 0 Å². The van der Waals surface area contributed by atoms with Crippen molar-refractivity contribution < 1.29 is 53.1 Å². The maximum absolute atomic E-state index is 13.7. The number of rotatable bonds is 7. The first-order chi connectivity index (χ1) is 15.0. The molecular formula is C17H14F8N2O4S2. The number of methoxy groups -OCH3 is 1. The predicted octanol–water partition coefficient (Wildman–Crippen LogP) is 5.01. The summed E-state index contributed by atoms with van der Waals surface area (Å²) in [5, 5.41) is 2.29. The molecule has 0 unspecified atom stereocenters. The molecule has 0 saturated carbocycles. The van der Waals surface area contributed by atoms with Gasteiger partial charge in [-0.1, -0.05) is 6.92 Å². The van der Waals surface area contributed by atoms with E-state index in [4.69, 9.17) is 0 Å². The summed E-state index contributed by atoms with van der Waals surface area (Å²) in [4.78, 5) is 12.5. The quantitative estimate of drug-likeness (QED) is 0.404. The molecule has 0 aliphatic rings. The van der Waals surface area contributed by atoms with Gasteiger partial charge in [0.1, 0.15) is 10.7 Å². The van der Waals surface area contributed by atoms with Crippen LogP contribution >= 0.6 is 11.3 Å². The van der Waals surface area contributed by atoms with Gasteiger partial charge in [-0.25, -0.2) is 18.2 Å². The number of ether oxygens (including phenoxy) is 1. The Balaban J connectivity index is 2.52. The average molecular weight is 526 g/mol. The van der Waals surface area contributed by atoms with Crippen LogP contribution in [0.1, 0.15) is 32.6 Å². The number of alkyl halides is 8. The van der Waals surface area contributed by atoms with Crippen LogP contribution in [0.2, 0.25) is 0 Å². The van der Waals surface area contributed by atoms with Crippen LogP contribution in [-0.2, 0) is 33.2 Å². The molecule has 0 aliphatic carbocycles. The van der Waals surface area contributed by atoms with Gasteiger partial charge < -0.3 is 10.1 Å². The number of esters is 1. The molecule has 2 rings (SSSR count). The molecule has 0 saturated heterocycles. The van der Waals surface area contributed by atoms with E-state index in [-0.39, 0.29) is 17.4 Å². The number of thiophene rings is 1. The Labute approximate surface area is 185 Å². The molecule has 0 atom stereocenters. The molecule has 1 N–H and O–H groups in total. The van der Waals surface area contributed by atoms with Gasteiger partial charge in [0, 0.05) is 11.1 Å². The van der Waals surface area contributed by atoms with Gasteiger partial charge in [-0.2, -0.15) is 35.1 Å². The van der Waals surface area contributed by atoms with Gasteiger partial charge in [-0.15, -0.1) is 11.3 Å². The number of nitrogens with zero attached hydrogens (tertiary/aromatic N) is 1. The number of carbonyl (C=O) groups is 1. The van der Waals surface area contributed by atoms with Crippen molar-refractivity contribution in [2.24, 2.45) is 0 Å². The van der Waals surface area contributed by atoms with Crippen molar-refractivity contribution in [3.63, 3.8) is 0 Å². The van der Waals surface area contributed by atoms with E-state index in [1.807, 2.05) is 0 Å². The third-order valence-corrected chi connectivity index (χ3v) is 7.14. The third-order valence-electron chi connectivity index (χ3n) is 4.19. The largest absolute Gasteiger partial charge is 0.465 e. The maximum Gasteiger partial charge on any atom is 0.458 e. The normalized spacial score (nSPS) is 13.2. The minimum absolute atomic E-state index is 0.108. The van der Waals surface area contributed by atoms with Crippen LogP contribution in [0.15, 0.2) is 23.2 Å². The van der Waals surface area contributed by atoms with E-state index in [1.165, 1.54) is 0 Å². The molecule has 0 spiro atoms. The lowest BCUT2D eigenvalue weighted by Gasteiger charge is -2.17. The molecule has 0 fully saturated rings. The lowest BCUT2D eigenvalue weighted by atomic mass is 10.2. The molecule has 0 radical (unpaired) electrons. The Morgan fingerprint density at radius 3 is 2.21 bits per heavy atom. The minimum atomic E-state index is -5.96. The molecule has 33 heavy (non-hydrogen) atoms. The number of hydrogen-bond acceptors (Lipinski definition) is 7. The van der Waals surface area contributed by atoms with Gasteiger partial charge in [-0.05, 0) is 12.1 Å². The Kier molecular flexibility index (Phi) is 7.33. The van der Waals surface area contributed by atoms with E-state index in [2.05, 4.69) is 15.0 Å². The molecule has 16 heteroatoms. The second-order valence-electron chi connectivity index (χ2n) is 6.34. The second-order valence-corrected chi connectivity index (χ2v) is 9.72. The smallest absolute Gasteiger partial charge is 0.458 e. The number of hydrogen-bond donors (Lipinski definition) is 1. The number of halogens is 8. The molecule has 0 aliphatic heterocycles. The summed E-state index contributed by atoms with van der Waals surface area (Å²) in [6.07, 6.45) is -10.6. The van der Waals surface area contributed by atoms with Crippen molar-refractivity contribution >= 4 is 33.0 Å². The van der Waals surface area contributed by atoms with Gasteiger partial charge in [0.05, 0.1) is 35.4 Å². The zero-order chi connectivity index (χ0) is 25.4.